The van der Waals surface area contributed by atoms with Gasteiger partial charge in [-0.2, -0.15) is 0 Å². The van der Waals surface area contributed by atoms with E-state index < -0.39 is 0 Å². The molecule has 2 heterocycles. The summed E-state index contributed by atoms with van der Waals surface area (Å²) in [5, 5.41) is 7.36. The lowest BCUT2D eigenvalue weighted by atomic mass is 9.95. The molecule has 0 unspecified atom stereocenters. The van der Waals surface area contributed by atoms with Crippen LogP contribution in [-0.4, -0.2) is 0 Å². The summed E-state index contributed by atoms with van der Waals surface area (Å²) in [6.45, 7) is 0. The highest BCUT2D eigenvalue weighted by Gasteiger charge is 2.20. The van der Waals surface area contributed by atoms with Crippen LogP contribution in [0.25, 0.3) is 86.3 Å². The van der Waals surface area contributed by atoms with Gasteiger partial charge in [0.25, 0.3) is 0 Å². The van der Waals surface area contributed by atoms with Crippen LogP contribution in [0.1, 0.15) is 0 Å². The molecule has 0 spiro atoms. The third kappa shape index (κ3) is 5.40. The Morgan fingerprint density at radius 3 is 1.91 bits per heavy atom. The molecular weight excluding hydrogens is 687 g/mol. The maximum atomic E-state index is 6.64. The highest BCUT2D eigenvalue weighted by atomic mass is 32.1. The van der Waals surface area contributed by atoms with E-state index in [-0.39, 0.29) is 0 Å². The van der Waals surface area contributed by atoms with Crippen molar-refractivity contribution in [3.63, 3.8) is 0 Å². The van der Waals surface area contributed by atoms with Gasteiger partial charge in [0.15, 0.2) is 5.58 Å². The maximum absolute atomic E-state index is 6.64. The maximum Gasteiger partial charge on any atom is 0.159 e. The van der Waals surface area contributed by atoms with Crippen molar-refractivity contribution in [1.29, 1.82) is 0 Å². The van der Waals surface area contributed by atoms with Crippen LogP contribution in [-0.2, 0) is 0 Å². The Labute approximate surface area is 322 Å². The Bertz CT molecular complexity index is 3220. The van der Waals surface area contributed by atoms with Crippen molar-refractivity contribution in [1.82, 2.24) is 0 Å². The molecule has 0 bridgehead atoms. The van der Waals surface area contributed by atoms with E-state index in [2.05, 4.69) is 199 Å². The molecule has 11 rings (SSSR count). The number of rotatable bonds is 6. The van der Waals surface area contributed by atoms with Gasteiger partial charge in [-0.1, -0.05) is 146 Å². The molecule has 0 aliphatic carbocycles. The lowest BCUT2D eigenvalue weighted by Crippen LogP contribution is -2.10. The third-order valence-electron chi connectivity index (χ3n) is 10.9. The van der Waals surface area contributed by atoms with Gasteiger partial charge in [-0.15, -0.1) is 11.3 Å². The number of anilines is 3. The molecule has 2 aromatic heterocycles. The summed E-state index contributed by atoms with van der Waals surface area (Å²) in [6, 6.07) is 72.2. The first-order valence-electron chi connectivity index (χ1n) is 18.7. The topological polar surface area (TPSA) is 16.4 Å². The van der Waals surface area contributed by atoms with E-state index >= 15 is 0 Å². The van der Waals surface area contributed by atoms with Crippen LogP contribution in [0.2, 0.25) is 0 Å². The number of thiophene rings is 1. The van der Waals surface area contributed by atoms with E-state index in [0.717, 1.165) is 44.6 Å². The molecule has 0 saturated heterocycles. The van der Waals surface area contributed by atoms with Crippen molar-refractivity contribution in [2.45, 2.75) is 0 Å². The van der Waals surface area contributed by atoms with Crippen LogP contribution in [0.5, 0.6) is 0 Å². The van der Waals surface area contributed by atoms with E-state index in [1.54, 1.807) is 0 Å². The first-order chi connectivity index (χ1) is 27.2. The molecule has 2 nitrogen and oxygen atoms in total. The number of para-hydroxylation sites is 2. The van der Waals surface area contributed by atoms with Gasteiger partial charge >= 0.3 is 0 Å². The predicted octanol–water partition coefficient (Wildman–Crippen LogP) is 15.6. The Morgan fingerprint density at radius 2 is 1.00 bits per heavy atom. The molecule has 0 fully saturated rings. The molecule has 11 aromatic rings. The number of fused-ring (bicyclic) bond motifs is 7. The van der Waals surface area contributed by atoms with Gasteiger partial charge in [-0.25, -0.2) is 0 Å². The summed E-state index contributed by atoms with van der Waals surface area (Å²) in [5.41, 5.74) is 12.0. The molecule has 0 aliphatic heterocycles. The summed E-state index contributed by atoms with van der Waals surface area (Å²) in [5.74, 6) is 0. The molecule has 0 atom stereocenters. The molecule has 0 radical (unpaired) electrons. The Morgan fingerprint density at radius 1 is 0.364 bits per heavy atom. The van der Waals surface area contributed by atoms with Crippen LogP contribution in [0.4, 0.5) is 17.1 Å². The Kier molecular flexibility index (Phi) is 7.39. The molecule has 0 saturated carbocycles. The van der Waals surface area contributed by atoms with Crippen LogP contribution in [0.3, 0.4) is 0 Å². The molecule has 0 aliphatic rings. The number of hydrogen-bond donors (Lipinski definition) is 0. The minimum Gasteiger partial charge on any atom is -0.454 e. The number of hydrogen-bond acceptors (Lipinski definition) is 3. The third-order valence-corrected chi connectivity index (χ3v) is 12.0. The standard InChI is InChI=1S/C52H33NOS/c1-2-17-42-35(11-1)12-9-20-43(42)39-15-7-13-36(31-39)37-14-8-16-41(32-37)53(48-22-10-21-47-44-18-3-5-23-49(44)54-52(47)48)40-28-25-34(26-29-40)38-27-30-46-45-19-4-6-24-50(45)55-51(46)33-38/h1-33H. The lowest BCUT2D eigenvalue weighted by Gasteiger charge is -2.26. The van der Waals surface area contributed by atoms with Crippen molar-refractivity contribution < 1.29 is 4.42 Å². The SMILES string of the molecule is c1cc(-c2cccc(N(c3ccc(-c4ccc5c(c4)sc4ccccc45)cc3)c3cccc4c3oc3ccccc34)c2)cc(-c2cccc3ccccc23)c1. The van der Waals surface area contributed by atoms with Gasteiger partial charge in [0.2, 0.25) is 0 Å². The number of nitrogens with zero attached hydrogens (tertiary/aromatic N) is 1. The van der Waals surface area contributed by atoms with Gasteiger partial charge in [0.05, 0.1) is 5.69 Å². The van der Waals surface area contributed by atoms with E-state index in [1.807, 2.05) is 17.4 Å². The fourth-order valence-electron chi connectivity index (χ4n) is 8.21. The number of furan rings is 1. The van der Waals surface area contributed by atoms with Gasteiger partial charge in [0.1, 0.15) is 5.58 Å². The first kappa shape index (κ1) is 31.6. The van der Waals surface area contributed by atoms with Crippen LogP contribution >= 0.6 is 11.3 Å². The Hall–Kier alpha value is -6.94. The zero-order valence-corrected chi connectivity index (χ0v) is 30.6. The highest BCUT2D eigenvalue weighted by molar-refractivity contribution is 7.25. The molecular formula is C52H33NOS. The summed E-state index contributed by atoms with van der Waals surface area (Å²) in [4.78, 5) is 2.34. The quantitative estimate of drug-likeness (QED) is 0.170. The molecule has 258 valence electrons. The van der Waals surface area contributed by atoms with Crippen LogP contribution < -0.4 is 4.90 Å². The van der Waals surface area contributed by atoms with Gasteiger partial charge in [0, 0.05) is 42.3 Å². The number of benzene rings is 9. The molecule has 0 amide bonds. The van der Waals surface area contributed by atoms with Crippen molar-refractivity contribution in [3.8, 4) is 33.4 Å². The second kappa shape index (κ2) is 12.9. The second-order valence-corrected chi connectivity index (χ2v) is 15.2. The summed E-state index contributed by atoms with van der Waals surface area (Å²) in [7, 11) is 0. The van der Waals surface area contributed by atoms with Crippen molar-refractivity contribution in [3.05, 3.63) is 200 Å². The highest BCUT2D eigenvalue weighted by Crippen LogP contribution is 2.44. The van der Waals surface area contributed by atoms with Gasteiger partial charge in [-0.3, -0.25) is 0 Å². The van der Waals surface area contributed by atoms with E-state index in [1.165, 1.54) is 58.8 Å². The van der Waals surface area contributed by atoms with E-state index in [4.69, 9.17) is 4.42 Å². The fourth-order valence-corrected chi connectivity index (χ4v) is 9.36. The lowest BCUT2D eigenvalue weighted by molar-refractivity contribution is 0.669. The summed E-state index contributed by atoms with van der Waals surface area (Å²) in [6.07, 6.45) is 0. The van der Waals surface area contributed by atoms with Crippen molar-refractivity contribution in [2.75, 3.05) is 4.90 Å². The monoisotopic (exact) mass is 719 g/mol. The van der Waals surface area contributed by atoms with Crippen LogP contribution in [0.15, 0.2) is 205 Å². The molecule has 9 aromatic carbocycles. The molecule has 0 N–H and O–H groups in total. The largest absolute Gasteiger partial charge is 0.454 e. The Balaban J connectivity index is 1.04. The van der Waals surface area contributed by atoms with E-state index in [9.17, 15) is 0 Å². The average Bonchev–Trinajstić information content (AvgIpc) is 3.83. The van der Waals surface area contributed by atoms with Crippen LogP contribution in [0, 0.1) is 0 Å². The average molecular weight is 720 g/mol. The van der Waals surface area contributed by atoms with Crippen molar-refractivity contribution in [2.24, 2.45) is 0 Å². The van der Waals surface area contributed by atoms with E-state index in [0.29, 0.717) is 0 Å². The zero-order valence-electron chi connectivity index (χ0n) is 29.8. The van der Waals surface area contributed by atoms with Crippen molar-refractivity contribution >= 4 is 81.3 Å². The second-order valence-electron chi connectivity index (χ2n) is 14.1. The minimum atomic E-state index is 0.867. The molecule has 3 heteroatoms. The predicted molar refractivity (Wildman–Crippen MR) is 235 cm³/mol. The minimum absolute atomic E-state index is 0.867. The summed E-state index contributed by atoms with van der Waals surface area (Å²) < 4.78 is 9.27. The smallest absolute Gasteiger partial charge is 0.159 e. The normalized spacial score (nSPS) is 11.6. The fraction of sp³-hybridized carbons (Fsp3) is 0. The zero-order chi connectivity index (χ0) is 36.3. The van der Waals surface area contributed by atoms with Gasteiger partial charge < -0.3 is 9.32 Å². The summed E-state index contributed by atoms with van der Waals surface area (Å²) >= 11 is 1.86. The first-order valence-corrected chi connectivity index (χ1v) is 19.5. The molecule has 55 heavy (non-hydrogen) atoms. The van der Waals surface area contributed by atoms with Gasteiger partial charge in [-0.05, 0) is 98.8 Å².